The van der Waals surface area contributed by atoms with Crippen molar-refractivity contribution in [3.05, 3.63) is 130 Å². The Morgan fingerprint density at radius 3 is 1.68 bits per heavy atom. The molecular formula is C27H18BrF3. The van der Waals surface area contributed by atoms with Crippen LogP contribution in [0.3, 0.4) is 0 Å². The molecule has 0 aliphatic rings. The van der Waals surface area contributed by atoms with Crippen LogP contribution < -0.4 is 0 Å². The summed E-state index contributed by atoms with van der Waals surface area (Å²) in [6, 6.07) is 31.3. The van der Waals surface area contributed by atoms with Crippen molar-refractivity contribution in [2.24, 2.45) is 0 Å². The molecule has 0 aliphatic heterocycles. The van der Waals surface area contributed by atoms with Crippen LogP contribution in [0.2, 0.25) is 0 Å². The number of rotatable bonds is 4. The van der Waals surface area contributed by atoms with E-state index in [9.17, 15) is 13.2 Å². The quantitative estimate of drug-likeness (QED) is 0.257. The van der Waals surface area contributed by atoms with E-state index in [2.05, 4.69) is 34.1 Å². The third-order valence-corrected chi connectivity index (χ3v) is 5.54. The van der Waals surface area contributed by atoms with Gasteiger partial charge in [0.05, 0.1) is 5.56 Å². The molecule has 0 radical (unpaired) electrons. The molecule has 31 heavy (non-hydrogen) atoms. The van der Waals surface area contributed by atoms with Crippen LogP contribution in [0, 0.1) is 0 Å². The average Bonchev–Trinajstić information content (AvgIpc) is 2.79. The molecule has 0 N–H and O–H groups in total. The van der Waals surface area contributed by atoms with Crippen LogP contribution in [-0.4, -0.2) is 0 Å². The lowest BCUT2D eigenvalue weighted by atomic mass is 9.94. The van der Waals surface area contributed by atoms with E-state index >= 15 is 0 Å². The van der Waals surface area contributed by atoms with Crippen molar-refractivity contribution in [2.45, 2.75) is 6.18 Å². The molecule has 0 saturated heterocycles. The summed E-state index contributed by atoms with van der Waals surface area (Å²) >= 11 is 3.46. The van der Waals surface area contributed by atoms with E-state index in [0.29, 0.717) is 0 Å². The lowest BCUT2D eigenvalue weighted by Gasteiger charge is -2.11. The molecule has 0 aliphatic carbocycles. The molecule has 0 saturated carbocycles. The van der Waals surface area contributed by atoms with Crippen molar-refractivity contribution in [3.63, 3.8) is 0 Å². The van der Waals surface area contributed by atoms with Crippen molar-refractivity contribution < 1.29 is 13.2 Å². The van der Waals surface area contributed by atoms with Gasteiger partial charge >= 0.3 is 6.18 Å². The molecule has 0 spiro atoms. The van der Waals surface area contributed by atoms with Gasteiger partial charge in [0.15, 0.2) is 0 Å². The minimum atomic E-state index is -4.33. The highest BCUT2D eigenvalue weighted by Crippen LogP contribution is 2.32. The lowest BCUT2D eigenvalue weighted by molar-refractivity contribution is -0.137. The summed E-state index contributed by atoms with van der Waals surface area (Å²) in [5, 5.41) is 0. The van der Waals surface area contributed by atoms with Gasteiger partial charge in [-0.15, -0.1) is 0 Å². The first-order valence-corrected chi connectivity index (χ1v) is 10.5. The SMILES string of the molecule is FC(F)(F)c1ccc(-c2ccc(/C(=C/c3ccc(Br)cc3)c3ccccc3)cc2)cc1. The number of hydrogen-bond donors (Lipinski definition) is 0. The molecule has 0 heterocycles. The van der Waals surface area contributed by atoms with Gasteiger partial charge in [-0.25, -0.2) is 0 Å². The predicted octanol–water partition coefficient (Wildman–Crippen LogP) is 8.72. The summed E-state index contributed by atoms with van der Waals surface area (Å²) < 4.78 is 39.5. The molecule has 4 rings (SSSR count). The second kappa shape index (κ2) is 8.94. The smallest absolute Gasteiger partial charge is 0.166 e. The molecule has 4 heteroatoms. The van der Waals surface area contributed by atoms with Gasteiger partial charge in [0.1, 0.15) is 0 Å². The van der Waals surface area contributed by atoms with E-state index in [0.717, 1.165) is 50.0 Å². The molecule has 0 unspecified atom stereocenters. The topological polar surface area (TPSA) is 0 Å². The summed E-state index contributed by atoms with van der Waals surface area (Å²) in [6.45, 7) is 0. The first-order valence-electron chi connectivity index (χ1n) is 9.71. The largest absolute Gasteiger partial charge is 0.416 e. The number of benzene rings is 4. The second-order valence-corrected chi connectivity index (χ2v) is 8.04. The third kappa shape index (κ3) is 5.15. The normalized spacial score (nSPS) is 12.1. The van der Waals surface area contributed by atoms with E-state index in [1.54, 1.807) is 0 Å². The van der Waals surface area contributed by atoms with Crippen LogP contribution in [0.15, 0.2) is 108 Å². The van der Waals surface area contributed by atoms with Crippen molar-refractivity contribution in [2.75, 3.05) is 0 Å². The zero-order chi connectivity index (χ0) is 21.8. The maximum Gasteiger partial charge on any atom is 0.416 e. The Labute approximate surface area is 187 Å². The molecule has 4 aromatic carbocycles. The predicted molar refractivity (Wildman–Crippen MR) is 124 cm³/mol. The fourth-order valence-electron chi connectivity index (χ4n) is 3.37. The summed E-state index contributed by atoms with van der Waals surface area (Å²) in [5.41, 5.74) is 5.25. The zero-order valence-electron chi connectivity index (χ0n) is 16.4. The first kappa shape index (κ1) is 21.1. The minimum Gasteiger partial charge on any atom is -0.166 e. The molecule has 0 nitrogen and oxygen atoms in total. The number of alkyl halides is 3. The highest BCUT2D eigenvalue weighted by molar-refractivity contribution is 9.10. The van der Waals surface area contributed by atoms with Crippen LogP contribution in [0.25, 0.3) is 22.8 Å². The van der Waals surface area contributed by atoms with Crippen LogP contribution in [-0.2, 0) is 6.18 Å². The summed E-state index contributed by atoms with van der Waals surface area (Å²) in [4.78, 5) is 0. The Bertz CT molecular complexity index is 1170. The van der Waals surface area contributed by atoms with Crippen LogP contribution in [0.1, 0.15) is 22.3 Å². The highest BCUT2D eigenvalue weighted by atomic mass is 79.9. The van der Waals surface area contributed by atoms with Gasteiger partial charge in [-0.3, -0.25) is 0 Å². The Morgan fingerprint density at radius 1 is 0.613 bits per heavy atom. The third-order valence-electron chi connectivity index (χ3n) is 5.01. The van der Waals surface area contributed by atoms with Crippen LogP contribution >= 0.6 is 15.9 Å². The van der Waals surface area contributed by atoms with Gasteiger partial charge in [-0.05, 0) is 63.7 Å². The van der Waals surface area contributed by atoms with E-state index in [-0.39, 0.29) is 0 Å². The van der Waals surface area contributed by atoms with Gasteiger partial charge in [-0.2, -0.15) is 13.2 Å². The van der Waals surface area contributed by atoms with Crippen LogP contribution in [0.5, 0.6) is 0 Å². The van der Waals surface area contributed by atoms with Gasteiger partial charge in [0, 0.05) is 4.47 Å². The van der Waals surface area contributed by atoms with Gasteiger partial charge in [0.2, 0.25) is 0 Å². The maximum absolute atomic E-state index is 12.8. The van der Waals surface area contributed by atoms with E-state index < -0.39 is 11.7 Å². The lowest BCUT2D eigenvalue weighted by Crippen LogP contribution is -2.03. The fraction of sp³-hybridized carbons (Fsp3) is 0.0370. The minimum absolute atomic E-state index is 0.642. The molecular weight excluding hydrogens is 461 g/mol. The van der Waals surface area contributed by atoms with Gasteiger partial charge < -0.3 is 0 Å². The fourth-order valence-corrected chi connectivity index (χ4v) is 3.63. The Balaban J connectivity index is 1.69. The van der Waals surface area contributed by atoms with Gasteiger partial charge in [-0.1, -0.05) is 94.8 Å². The average molecular weight is 479 g/mol. The second-order valence-electron chi connectivity index (χ2n) is 7.13. The zero-order valence-corrected chi connectivity index (χ0v) is 18.0. The van der Waals surface area contributed by atoms with Crippen LogP contribution in [0.4, 0.5) is 13.2 Å². The molecule has 4 aromatic rings. The monoisotopic (exact) mass is 478 g/mol. The summed E-state index contributed by atoms with van der Waals surface area (Å²) in [6.07, 6.45) is -2.19. The number of halogens is 4. The molecule has 0 fully saturated rings. The van der Waals surface area contributed by atoms with Crippen molar-refractivity contribution in [1.29, 1.82) is 0 Å². The number of hydrogen-bond acceptors (Lipinski definition) is 0. The van der Waals surface area contributed by atoms with E-state index in [4.69, 9.17) is 0 Å². The standard InChI is InChI=1S/C27H18BrF3/c28-25-16-6-19(7-17-25)18-26(22-4-2-1-3-5-22)23-10-8-20(9-11-23)21-12-14-24(15-13-21)27(29,30)31/h1-18H/b26-18+. The highest BCUT2D eigenvalue weighted by Gasteiger charge is 2.29. The Kier molecular flexibility index (Phi) is 6.10. The van der Waals surface area contributed by atoms with E-state index in [1.807, 2.05) is 66.7 Å². The summed E-state index contributed by atoms with van der Waals surface area (Å²) in [7, 11) is 0. The molecule has 0 bridgehead atoms. The molecule has 0 aromatic heterocycles. The van der Waals surface area contributed by atoms with Gasteiger partial charge in [0.25, 0.3) is 0 Å². The summed E-state index contributed by atoms with van der Waals surface area (Å²) in [5.74, 6) is 0. The molecule has 154 valence electrons. The molecule has 0 atom stereocenters. The Hall–Kier alpha value is -3.11. The molecule has 0 amide bonds. The van der Waals surface area contributed by atoms with Crippen molar-refractivity contribution in [3.8, 4) is 11.1 Å². The van der Waals surface area contributed by atoms with Crippen molar-refractivity contribution >= 4 is 27.6 Å². The van der Waals surface area contributed by atoms with Crippen molar-refractivity contribution in [1.82, 2.24) is 0 Å². The maximum atomic E-state index is 12.8. The first-order chi connectivity index (χ1) is 14.9. The van der Waals surface area contributed by atoms with E-state index in [1.165, 1.54) is 12.1 Å². The Morgan fingerprint density at radius 2 is 1.13 bits per heavy atom.